The Kier molecular flexibility index (Phi) is 6.26. The van der Waals surface area contributed by atoms with Gasteiger partial charge in [0.05, 0.1) is 0 Å². The predicted octanol–water partition coefficient (Wildman–Crippen LogP) is 2.50. The third-order valence-corrected chi connectivity index (χ3v) is 3.28. The molecule has 2 heteroatoms. The van der Waals surface area contributed by atoms with Crippen LogP contribution in [0.1, 0.15) is 46.5 Å². The highest BCUT2D eigenvalue weighted by molar-refractivity contribution is 4.76. The van der Waals surface area contributed by atoms with Crippen LogP contribution in [0.25, 0.3) is 0 Å². The van der Waals surface area contributed by atoms with Gasteiger partial charge in [0.25, 0.3) is 0 Å². The summed E-state index contributed by atoms with van der Waals surface area (Å²) in [6, 6.07) is 0.789. The van der Waals surface area contributed by atoms with Crippen LogP contribution in [-0.4, -0.2) is 37.1 Å². The van der Waals surface area contributed by atoms with E-state index in [1.807, 2.05) is 0 Å². The molecular formula is C13H28N2. The fourth-order valence-corrected chi connectivity index (χ4v) is 2.25. The Morgan fingerprint density at radius 2 is 1.93 bits per heavy atom. The summed E-state index contributed by atoms with van der Waals surface area (Å²) in [5.41, 5.74) is 0. The predicted molar refractivity (Wildman–Crippen MR) is 67.2 cm³/mol. The quantitative estimate of drug-likeness (QED) is 0.728. The first-order valence-electron chi connectivity index (χ1n) is 6.68. The highest BCUT2D eigenvalue weighted by Gasteiger charge is 2.17. The standard InChI is InChI=1S/C13H28N2/c1-4-9-15-10-6-13(7-11-15)14-8-5-12(2)3/h12-14H,4-11H2,1-3H3. The summed E-state index contributed by atoms with van der Waals surface area (Å²) in [6.45, 7) is 12.0. The second-order valence-electron chi connectivity index (χ2n) is 5.25. The molecule has 0 atom stereocenters. The minimum atomic E-state index is 0.789. The molecule has 1 N–H and O–H groups in total. The Hall–Kier alpha value is -0.0800. The lowest BCUT2D eigenvalue weighted by Crippen LogP contribution is -2.43. The maximum absolute atomic E-state index is 3.69. The molecule has 0 saturated carbocycles. The number of piperidine rings is 1. The Bertz CT molecular complexity index is 149. The van der Waals surface area contributed by atoms with Gasteiger partial charge in [-0.1, -0.05) is 20.8 Å². The summed E-state index contributed by atoms with van der Waals surface area (Å²) < 4.78 is 0. The lowest BCUT2D eigenvalue weighted by Gasteiger charge is -2.32. The molecule has 0 bridgehead atoms. The van der Waals surface area contributed by atoms with Gasteiger partial charge in [0.1, 0.15) is 0 Å². The van der Waals surface area contributed by atoms with E-state index >= 15 is 0 Å². The van der Waals surface area contributed by atoms with Crippen LogP contribution < -0.4 is 5.32 Å². The van der Waals surface area contributed by atoms with Gasteiger partial charge in [0.2, 0.25) is 0 Å². The van der Waals surface area contributed by atoms with E-state index in [0.29, 0.717) is 0 Å². The van der Waals surface area contributed by atoms with Crippen molar-refractivity contribution in [2.45, 2.75) is 52.5 Å². The molecule has 0 spiro atoms. The molecule has 1 fully saturated rings. The molecule has 0 aromatic carbocycles. The first-order chi connectivity index (χ1) is 7.22. The van der Waals surface area contributed by atoms with Gasteiger partial charge in [-0.2, -0.15) is 0 Å². The molecule has 0 aliphatic carbocycles. The SMILES string of the molecule is CCCN1CCC(NCCC(C)C)CC1. The van der Waals surface area contributed by atoms with Crippen molar-refractivity contribution >= 4 is 0 Å². The molecular weight excluding hydrogens is 184 g/mol. The van der Waals surface area contributed by atoms with E-state index < -0.39 is 0 Å². The van der Waals surface area contributed by atoms with Crippen molar-refractivity contribution < 1.29 is 0 Å². The first kappa shape index (κ1) is 13.0. The number of nitrogens with one attached hydrogen (secondary N) is 1. The van der Waals surface area contributed by atoms with Crippen molar-refractivity contribution in [1.82, 2.24) is 10.2 Å². The second kappa shape index (κ2) is 7.24. The van der Waals surface area contributed by atoms with Gasteiger partial charge in [0.15, 0.2) is 0 Å². The fourth-order valence-electron chi connectivity index (χ4n) is 2.25. The second-order valence-corrected chi connectivity index (χ2v) is 5.25. The fraction of sp³-hybridized carbons (Fsp3) is 1.00. The van der Waals surface area contributed by atoms with Crippen molar-refractivity contribution in [2.24, 2.45) is 5.92 Å². The van der Waals surface area contributed by atoms with Crippen molar-refractivity contribution in [1.29, 1.82) is 0 Å². The Morgan fingerprint density at radius 3 is 2.47 bits per heavy atom. The van der Waals surface area contributed by atoms with Crippen LogP contribution in [0, 0.1) is 5.92 Å². The van der Waals surface area contributed by atoms with Crippen molar-refractivity contribution in [3.8, 4) is 0 Å². The van der Waals surface area contributed by atoms with E-state index in [1.54, 1.807) is 0 Å². The van der Waals surface area contributed by atoms with Crippen LogP contribution in [0.5, 0.6) is 0 Å². The summed E-state index contributed by atoms with van der Waals surface area (Å²) in [7, 11) is 0. The highest BCUT2D eigenvalue weighted by Crippen LogP contribution is 2.10. The smallest absolute Gasteiger partial charge is 0.00914 e. The van der Waals surface area contributed by atoms with Gasteiger partial charge in [-0.05, 0) is 57.8 Å². The van der Waals surface area contributed by atoms with Crippen LogP contribution in [-0.2, 0) is 0 Å². The summed E-state index contributed by atoms with van der Waals surface area (Å²) in [5, 5.41) is 3.69. The summed E-state index contributed by atoms with van der Waals surface area (Å²) in [6.07, 6.45) is 5.30. The zero-order chi connectivity index (χ0) is 11.1. The van der Waals surface area contributed by atoms with Crippen LogP contribution in [0.4, 0.5) is 0 Å². The van der Waals surface area contributed by atoms with Gasteiger partial charge >= 0.3 is 0 Å². The third kappa shape index (κ3) is 5.53. The number of nitrogens with zero attached hydrogens (tertiary/aromatic N) is 1. The Labute approximate surface area is 95.4 Å². The molecule has 1 saturated heterocycles. The molecule has 1 heterocycles. The van der Waals surface area contributed by atoms with Crippen LogP contribution in [0.15, 0.2) is 0 Å². The average molecular weight is 212 g/mol. The van der Waals surface area contributed by atoms with E-state index in [2.05, 4.69) is 31.0 Å². The molecule has 1 rings (SSSR count). The molecule has 1 aliphatic heterocycles. The number of hydrogen-bond acceptors (Lipinski definition) is 2. The average Bonchev–Trinajstić information content (AvgIpc) is 2.20. The molecule has 0 unspecified atom stereocenters. The molecule has 15 heavy (non-hydrogen) atoms. The number of rotatable bonds is 6. The summed E-state index contributed by atoms with van der Waals surface area (Å²) >= 11 is 0. The van der Waals surface area contributed by atoms with Crippen molar-refractivity contribution in [2.75, 3.05) is 26.2 Å². The van der Waals surface area contributed by atoms with Gasteiger partial charge in [-0.25, -0.2) is 0 Å². The minimum absolute atomic E-state index is 0.789. The minimum Gasteiger partial charge on any atom is -0.314 e. The zero-order valence-corrected chi connectivity index (χ0v) is 10.8. The summed E-state index contributed by atoms with van der Waals surface area (Å²) in [4.78, 5) is 2.60. The van der Waals surface area contributed by atoms with Gasteiger partial charge < -0.3 is 10.2 Å². The lowest BCUT2D eigenvalue weighted by molar-refractivity contribution is 0.197. The molecule has 1 aliphatic rings. The molecule has 2 nitrogen and oxygen atoms in total. The molecule has 0 aromatic heterocycles. The number of hydrogen-bond donors (Lipinski definition) is 1. The molecule has 90 valence electrons. The van der Waals surface area contributed by atoms with E-state index in [-0.39, 0.29) is 0 Å². The maximum atomic E-state index is 3.69. The topological polar surface area (TPSA) is 15.3 Å². The Balaban J connectivity index is 2.04. The Morgan fingerprint density at radius 1 is 1.27 bits per heavy atom. The third-order valence-electron chi connectivity index (χ3n) is 3.28. The molecule has 0 radical (unpaired) electrons. The summed E-state index contributed by atoms with van der Waals surface area (Å²) in [5.74, 6) is 0.831. The van der Waals surface area contributed by atoms with Crippen LogP contribution in [0.3, 0.4) is 0 Å². The van der Waals surface area contributed by atoms with Gasteiger partial charge in [-0.15, -0.1) is 0 Å². The zero-order valence-electron chi connectivity index (χ0n) is 10.8. The van der Waals surface area contributed by atoms with Crippen molar-refractivity contribution in [3.63, 3.8) is 0 Å². The van der Waals surface area contributed by atoms with Crippen LogP contribution in [0.2, 0.25) is 0 Å². The molecule has 0 aromatic rings. The monoisotopic (exact) mass is 212 g/mol. The largest absolute Gasteiger partial charge is 0.314 e. The molecule has 0 amide bonds. The highest BCUT2D eigenvalue weighted by atomic mass is 15.1. The van der Waals surface area contributed by atoms with Gasteiger partial charge in [-0.3, -0.25) is 0 Å². The van der Waals surface area contributed by atoms with E-state index in [4.69, 9.17) is 0 Å². The number of likely N-dealkylation sites (tertiary alicyclic amines) is 1. The van der Waals surface area contributed by atoms with Crippen molar-refractivity contribution in [3.05, 3.63) is 0 Å². The lowest BCUT2D eigenvalue weighted by atomic mass is 10.0. The first-order valence-corrected chi connectivity index (χ1v) is 6.68. The van der Waals surface area contributed by atoms with E-state index in [0.717, 1.165) is 12.0 Å². The van der Waals surface area contributed by atoms with Gasteiger partial charge in [0, 0.05) is 6.04 Å². The maximum Gasteiger partial charge on any atom is 0.00914 e. The van der Waals surface area contributed by atoms with E-state index in [9.17, 15) is 0 Å². The van der Waals surface area contributed by atoms with Crippen LogP contribution >= 0.6 is 0 Å². The normalized spacial score (nSPS) is 20.0. The van der Waals surface area contributed by atoms with E-state index in [1.165, 1.54) is 51.9 Å².